The maximum absolute atomic E-state index is 5.61. The van der Waals surface area contributed by atoms with E-state index >= 15 is 0 Å². The number of hydrogen-bond acceptors (Lipinski definition) is 5. The van der Waals surface area contributed by atoms with E-state index in [4.69, 9.17) is 9.73 Å². The number of thioether (sulfide) groups is 1. The van der Waals surface area contributed by atoms with E-state index in [0.717, 1.165) is 50.1 Å². The maximum atomic E-state index is 5.61. The van der Waals surface area contributed by atoms with Crippen LogP contribution in [0.15, 0.2) is 23.3 Å². The normalized spacial score (nSPS) is 25.3. The van der Waals surface area contributed by atoms with Crippen molar-refractivity contribution in [3.8, 4) is 0 Å². The van der Waals surface area contributed by atoms with E-state index in [9.17, 15) is 0 Å². The average Bonchev–Trinajstić information content (AvgIpc) is 3.11. The Morgan fingerprint density at radius 3 is 2.93 bits per heavy atom. The molecule has 0 spiro atoms. The van der Waals surface area contributed by atoms with Crippen LogP contribution in [0.25, 0.3) is 0 Å². The van der Waals surface area contributed by atoms with Crippen molar-refractivity contribution >= 4 is 47.5 Å². The number of aliphatic imine (C=N–C) groups is 1. The summed E-state index contributed by atoms with van der Waals surface area (Å²) in [7, 11) is 0. The van der Waals surface area contributed by atoms with Crippen molar-refractivity contribution in [3.63, 3.8) is 0 Å². The van der Waals surface area contributed by atoms with Gasteiger partial charge in [0.1, 0.15) is 5.82 Å². The monoisotopic (exact) mass is 519 g/mol. The summed E-state index contributed by atoms with van der Waals surface area (Å²) >= 11 is 2.07. The highest BCUT2D eigenvalue weighted by Gasteiger charge is 2.29. The van der Waals surface area contributed by atoms with Crippen molar-refractivity contribution < 1.29 is 4.74 Å². The molecule has 0 aromatic carbocycles. The summed E-state index contributed by atoms with van der Waals surface area (Å²) in [6, 6.07) is 4.23. The number of morpholine rings is 1. The first-order valence-electron chi connectivity index (χ1n) is 10.1. The summed E-state index contributed by atoms with van der Waals surface area (Å²) < 4.78 is 5.93. The fourth-order valence-corrected chi connectivity index (χ4v) is 4.73. The van der Waals surface area contributed by atoms with Crippen molar-refractivity contribution in [2.75, 3.05) is 43.4 Å². The molecule has 2 N–H and O–H groups in total. The molecule has 0 radical (unpaired) electrons. The van der Waals surface area contributed by atoms with Gasteiger partial charge in [0, 0.05) is 37.1 Å². The molecule has 28 heavy (non-hydrogen) atoms. The Bertz CT molecular complexity index is 622. The van der Waals surface area contributed by atoms with Gasteiger partial charge in [-0.25, -0.2) is 9.98 Å². The topological polar surface area (TPSA) is 61.8 Å². The Balaban J connectivity index is 0.00000280. The summed E-state index contributed by atoms with van der Waals surface area (Å²) in [5.74, 6) is 3.18. The second-order valence-electron chi connectivity index (χ2n) is 7.60. The lowest BCUT2D eigenvalue weighted by Crippen LogP contribution is -2.43. The average molecular weight is 519 g/mol. The van der Waals surface area contributed by atoms with Gasteiger partial charge in [-0.3, -0.25) is 0 Å². The third kappa shape index (κ3) is 6.95. The number of aromatic nitrogens is 1. The molecule has 0 bridgehead atoms. The molecule has 2 saturated heterocycles. The van der Waals surface area contributed by atoms with Gasteiger partial charge in [0.05, 0.1) is 19.3 Å². The molecule has 1 aromatic heterocycles. The largest absolute Gasteiger partial charge is 0.375 e. The minimum atomic E-state index is 0. The molecule has 0 saturated carbocycles. The van der Waals surface area contributed by atoms with Crippen molar-refractivity contribution in [2.24, 2.45) is 4.99 Å². The number of ether oxygens (including phenoxy) is 1. The van der Waals surface area contributed by atoms with Crippen LogP contribution in [-0.2, 0) is 11.3 Å². The third-order valence-corrected chi connectivity index (χ3v) is 6.61. The smallest absolute Gasteiger partial charge is 0.191 e. The first-order chi connectivity index (χ1) is 13.1. The molecule has 158 valence electrons. The van der Waals surface area contributed by atoms with Gasteiger partial charge in [0.25, 0.3) is 0 Å². The number of nitrogens with zero attached hydrogens (tertiary/aromatic N) is 3. The molecular weight excluding hydrogens is 485 g/mol. The van der Waals surface area contributed by atoms with Gasteiger partial charge in [0.2, 0.25) is 0 Å². The minimum absolute atomic E-state index is 0. The maximum Gasteiger partial charge on any atom is 0.191 e. The number of rotatable bonds is 6. The van der Waals surface area contributed by atoms with E-state index in [2.05, 4.69) is 65.2 Å². The SMILES string of the molecule is CCNC(=NCc1ccc(N2CCOC(C)C2)nc1)NCC1(C)CCCS1.I. The van der Waals surface area contributed by atoms with E-state index in [0.29, 0.717) is 11.3 Å². The predicted molar refractivity (Wildman–Crippen MR) is 130 cm³/mol. The Morgan fingerprint density at radius 2 is 2.29 bits per heavy atom. The summed E-state index contributed by atoms with van der Waals surface area (Å²) in [5.41, 5.74) is 1.12. The van der Waals surface area contributed by atoms with Crippen LogP contribution in [-0.4, -0.2) is 60.3 Å². The third-order valence-electron chi connectivity index (χ3n) is 5.07. The van der Waals surface area contributed by atoms with Crippen molar-refractivity contribution in [2.45, 2.75) is 51.0 Å². The van der Waals surface area contributed by atoms with Gasteiger partial charge in [-0.05, 0) is 51.0 Å². The van der Waals surface area contributed by atoms with Crippen LogP contribution in [0.2, 0.25) is 0 Å². The molecule has 2 atom stereocenters. The van der Waals surface area contributed by atoms with E-state index in [1.165, 1.54) is 18.6 Å². The fourth-order valence-electron chi connectivity index (χ4n) is 3.48. The van der Waals surface area contributed by atoms with E-state index in [1.807, 2.05) is 6.20 Å². The number of nitrogens with one attached hydrogen (secondary N) is 2. The Kier molecular flexibility index (Phi) is 9.62. The number of guanidine groups is 1. The number of hydrogen-bond donors (Lipinski definition) is 2. The molecular formula is C20H34IN5OS. The predicted octanol–water partition coefficient (Wildman–Crippen LogP) is 3.27. The van der Waals surface area contributed by atoms with Crippen LogP contribution in [0.3, 0.4) is 0 Å². The molecule has 2 unspecified atom stereocenters. The van der Waals surface area contributed by atoms with Gasteiger partial charge in [-0.2, -0.15) is 11.8 Å². The van der Waals surface area contributed by atoms with Crippen LogP contribution < -0.4 is 15.5 Å². The molecule has 6 nitrogen and oxygen atoms in total. The quantitative estimate of drug-likeness (QED) is 0.342. The number of anilines is 1. The van der Waals surface area contributed by atoms with Crippen LogP contribution in [0.5, 0.6) is 0 Å². The van der Waals surface area contributed by atoms with Gasteiger partial charge < -0.3 is 20.3 Å². The van der Waals surface area contributed by atoms with E-state index in [1.54, 1.807) is 0 Å². The van der Waals surface area contributed by atoms with Crippen LogP contribution in [0, 0.1) is 0 Å². The molecule has 3 rings (SSSR count). The van der Waals surface area contributed by atoms with Crippen molar-refractivity contribution in [1.82, 2.24) is 15.6 Å². The molecule has 3 heterocycles. The van der Waals surface area contributed by atoms with E-state index < -0.39 is 0 Å². The van der Waals surface area contributed by atoms with E-state index in [-0.39, 0.29) is 30.1 Å². The Labute approximate surface area is 190 Å². The standard InChI is InChI=1S/C20H33N5OS.HI/c1-4-21-19(24-15-20(3)8-5-11-27-20)23-13-17-6-7-18(22-12-17)25-9-10-26-16(2)14-25;/h6-7,12,16H,4-5,8-11,13-15H2,1-3H3,(H2,21,23,24);1H. The molecule has 0 aliphatic carbocycles. The van der Waals surface area contributed by atoms with Crippen LogP contribution in [0.1, 0.15) is 39.2 Å². The van der Waals surface area contributed by atoms with Gasteiger partial charge in [-0.15, -0.1) is 24.0 Å². The zero-order valence-electron chi connectivity index (χ0n) is 17.2. The molecule has 2 aliphatic rings. The van der Waals surface area contributed by atoms with Crippen molar-refractivity contribution in [3.05, 3.63) is 23.9 Å². The van der Waals surface area contributed by atoms with Crippen molar-refractivity contribution in [1.29, 1.82) is 0 Å². The highest BCUT2D eigenvalue weighted by atomic mass is 127. The highest BCUT2D eigenvalue weighted by molar-refractivity contribution is 14.0. The van der Waals surface area contributed by atoms with Crippen LogP contribution in [0.4, 0.5) is 5.82 Å². The number of pyridine rings is 1. The summed E-state index contributed by atoms with van der Waals surface area (Å²) in [5, 5.41) is 6.87. The second-order valence-corrected chi connectivity index (χ2v) is 9.29. The molecule has 2 aliphatic heterocycles. The first kappa shape index (κ1) is 23.5. The Hall–Kier alpha value is -0.740. The molecule has 1 aromatic rings. The summed E-state index contributed by atoms with van der Waals surface area (Å²) in [4.78, 5) is 11.7. The summed E-state index contributed by atoms with van der Waals surface area (Å²) in [6.45, 7) is 11.6. The van der Waals surface area contributed by atoms with Gasteiger partial charge >= 0.3 is 0 Å². The van der Waals surface area contributed by atoms with Crippen LogP contribution >= 0.6 is 35.7 Å². The van der Waals surface area contributed by atoms with Gasteiger partial charge in [0.15, 0.2) is 5.96 Å². The van der Waals surface area contributed by atoms with Gasteiger partial charge in [-0.1, -0.05) is 6.07 Å². The Morgan fingerprint density at radius 1 is 1.43 bits per heavy atom. The second kappa shape index (κ2) is 11.4. The molecule has 8 heteroatoms. The lowest BCUT2D eigenvalue weighted by molar-refractivity contribution is 0.0529. The minimum Gasteiger partial charge on any atom is -0.375 e. The molecule has 0 amide bonds. The summed E-state index contributed by atoms with van der Waals surface area (Å²) in [6.07, 6.45) is 4.79. The lowest BCUT2D eigenvalue weighted by Gasteiger charge is -2.32. The highest BCUT2D eigenvalue weighted by Crippen LogP contribution is 2.36. The zero-order chi connectivity index (χ0) is 19.1. The number of halogens is 1. The zero-order valence-corrected chi connectivity index (χ0v) is 20.4. The lowest BCUT2D eigenvalue weighted by atomic mass is 10.1. The fraction of sp³-hybridized carbons (Fsp3) is 0.700. The first-order valence-corrected chi connectivity index (χ1v) is 11.0. The molecule has 2 fully saturated rings.